The van der Waals surface area contributed by atoms with Crippen LogP contribution in [-0.2, 0) is 19.3 Å². The third kappa shape index (κ3) is 6.95. The molecule has 40 heavy (non-hydrogen) atoms. The zero-order valence-electron chi connectivity index (χ0n) is 24.1. The normalized spacial score (nSPS) is 18.2. The lowest BCUT2D eigenvalue weighted by atomic mass is 9.89. The van der Waals surface area contributed by atoms with Gasteiger partial charge in [0.2, 0.25) is 0 Å². The number of nitrogens with zero attached hydrogens (tertiary/aromatic N) is 1. The minimum absolute atomic E-state index is 0.179. The van der Waals surface area contributed by atoms with E-state index >= 15 is 0 Å². The summed E-state index contributed by atoms with van der Waals surface area (Å²) in [5.41, 5.74) is 5.83. The molecule has 5 rings (SSSR count). The maximum atomic E-state index is 10.0. The molecule has 6 nitrogen and oxygen atoms in total. The molecular formula is C33H44ClN3O3. The van der Waals surface area contributed by atoms with Gasteiger partial charge in [-0.1, -0.05) is 30.9 Å². The molecule has 1 aliphatic heterocycles. The van der Waals surface area contributed by atoms with E-state index in [0.717, 1.165) is 73.6 Å². The Morgan fingerprint density at radius 2 is 1.80 bits per heavy atom. The summed E-state index contributed by atoms with van der Waals surface area (Å²) in [6, 6.07) is 9.68. The quantitative estimate of drug-likeness (QED) is 0.185. The first-order chi connectivity index (χ1) is 19.5. The van der Waals surface area contributed by atoms with Gasteiger partial charge in [0.15, 0.2) is 11.5 Å². The number of phenolic OH excluding ortho intramolecular Hbond substituents is 1. The first-order valence-corrected chi connectivity index (χ1v) is 15.5. The number of aromatic nitrogens is 1. The van der Waals surface area contributed by atoms with Crippen molar-refractivity contribution >= 4 is 28.2 Å². The summed E-state index contributed by atoms with van der Waals surface area (Å²) in [7, 11) is 1.57. The van der Waals surface area contributed by atoms with Crippen molar-refractivity contribution in [3.05, 3.63) is 52.2 Å². The molecule has 0 fully saturated rings. The second-order valence-corrected chi connectivity index (χ2v) is 12.1. The first kappa shape index (κ1) is 28.8. The van der Waals surface area contributed by atoms with Crippen molar-refractivity contribution in [3.63, 3.8) is 0 Å². The van der Waals surface area contributed by atoms with Gasteiger partial charge in [0.25, 0.3) is 0 Å². The lowest BCUT2D eigenvalue weighted by molar-refractivity contribution is 0.0560. The summed E-state index contributed by atoms with van der Waals surface area (Å²) in [6.07, 6.45) is 13.6. The number of hydrogen-bond donors (Lipinski definition) is 3. The highest BCUT2D eigenvalue weighted by Gasteiger charge is 2.32. The molecule has 0 bridgehead atoms. The zero-order valence-corrected chi connectivity index (χ0v) is 24.8. The highest BCUT2D eigenvalue weighted by Crippen LogP contribution is 2.41. The largest absolute Gasteiger partial charge is 0.504 e. The topological polar surface area (TPSA) is 75.6 Å². The Bertz CT molecular complexity index is 1310. The minimum atomic E-state index is -0.194. The van der Waals surface area contributed by atoms with E-state index < -0.39 is 0 Å². The van der Waals surface area contributed by atoms with Crippen LogP contribution in [0.4, 0.5) is 5.69 Å². The van der Waals surface area contributed by atoms with Crippen LogP contribution in [-0.4, -0.2) is 42.4 Å². The Morgan fingerprint density at radius 1 is 1.00 bits per heavy atom. The maximum Gasteiger partial charge on any atom is 0.164 e. The number of fused-ring (bicyclic) bond motifs is 3. The number of aromatic hydroxyl groups is 1. The fraction of sp³-hybridized carbons (Fsp3) is 0.545. The highest BCUT2D eigenvalue weighted by molar-refractivity contribution is 6.31. The fourth-order valence-corrected chi connectivity index (χ4v) is 6.30. The Labute approximate surface area is 243 Å². The molecule has 216 valence electrons. The van der Waals surface area contributed by atoms with Crippen molar-refractivity contribution in [1.82, 2.24) is 10.3 Å². The van der Waals surface area contributed by atoms with Crippen LogP contribution >= 0.6 is 11.6 Å². The SMILES string of the molecule is COc1cc2c(cc1O)CCC(C)(CCNCCCCCCCNc1c3c(nc4cc(Cl)ccc14)CCCC3)O2. The highest BCUT2D eigenvalue weighted by atomic mass is 35.5. The van der Waals surface area contributed by atoms with Gasteiger partial charge in [0.1, 0.15) is 11.4 Å². The summed E-state index contributed by atoms with van der Waals surface area (Å²) >= 11 is 6.26. The second kappa shape index (κ2) is 13.3. The van der Waals surface area contributed by atoms with Gasteiger partial charge in [-0.2, -0.15) is 0 Å². The van der Waals surface area contributed by atoms with E-state index in [2.05, 4.69) is 23.6 Å². The number of phenols is 1. The molecule has 2 aromatic carbocycles. The van der Waals surface area contributed by atoms with Crippen LogP contribution in [0.15, 0.2) is 30.3 Å². The summed E-state index contributed by atoms with van der Waals surface area (Å²) in [6.45, 7) is 5.18. The number of unbranched alkanes of at least 4 members (excludes halogenated alkanes) is 4. The fourth-order valence-electron chi connectivity index (χ4n) is 6.14. The molecule has 1 unspecified atom stereocenters. The van der Waals surface area contributed by atoms with E-state index in [9.17, 15) is 5.11 Å². The van der Waals surface area contributed by atoms with Gasteiger partial charge in [-0.25, -0.2) is 0 Å². The Balaban J connectivity index is 0.973. The van der Waals surface area contributed by atoms with Crippen LogP contribution in [0, 0.1) is 0 Å². The van der Waals surface area contributed by atoms with Crippen LogP contribution in [0.25, 0.3) is 10.9 Å². The summed E-state index contributed by atoms with van der Waals surface area (Å²) in [4.78, 5) is 4.93. The average Bonchev–Trinajstić information content (AvgIpc) is 2.95. The summed E-state index contributed by atoms with van der Waals surface area (Å²) in [5.74, 6) is 1.48. The number of nitrogens with one attached hydrogen (secondary N) is 2. The predicted molar refractivity (Wildman–Crippen MR) is 164 cm³/mol. The average molecular weight is 566 g/mol. The first-order valence-electron chi connectivity index (χ1n) is 15.1. The molecule has 0 saturated carbocycles. The minimum Gasteiger partial charge on any atom is -0.504 e. The number of aryl methyl sites for hydroxylation is 2. The van der Waals surface area contributed by atoms with Crippen LogP contribution in [0.1, 0.15) is 81.5 Å². The van der Waals surface area contributed by atoms with Crippen molar-refractivity contribution in [2.75, 3.05) is 32.1 Å². The van der Waals surface area contributed by atoms with Crippen LogP contribution in [0.3, 0.4) is 0 Å². The number of benzene rings is 2. The van der Waals surface area contributed by atoms with Gasteiger partial charge < -0.3 is 25.2 Å². The number of rotatable bonds is 13. The van der Waals surface area contributed by atoms with E-state index in [1.807, 2.05) is 18.2 Å². The number of anilines is 1. The van der Waals surface area contributed by atoms with Gasteiger partial charge >= 0.3 is 0 Å². The molecule has 7 heteroatoms. The molecule has 2 aliphatic rings. The molecule has 1 atom stereocenters. The molecular weight excluding hydrogens is 522 g/mol. The number of pyridine rings is 1. The Morgan fingerprint density at radius 3 is 2.65 bits per heavy atom. The number of ether oxygens (including phenoxy) is 2. The number of hydrogen-bond acceptors (Lipinski definition) is 6. The summed E-state index contributed by atoms with van der Waals surface area (Å²) < 4.78 is 11.6. The van der Waals surface area contributed by atoms with Gasteiger partial charge in [-0.05, 0) is 113 Å². The lowest BCUT2D eigenvalue weighted by Crippen LogP contribution is -2.39. The molecule has 3 N–H and O–H groups in total. The molecule has 3 aromatic rings. The van der Waals surface area contributed by atoms with Crippen LogP contribution < -0.4 is 20.1 Å². The Kier molecular flexibility index (Phi) is 9.59. The van der Waals surface area contributed by atoms with Gasteiger partial charge in [0, 0.05) is 34.4 Å². The molecule has 1 aromatic heterocycles. The zero-order chi connectivity index (χ0) is 28.0. The Hall–Kier alpha value is -2.70. The van der Waals surface area contributed by atoms with Crippen LogP contribution in [0.5, 0.6) is 17.2 Å². The van der Waals surface area contributed by atoms with Gasteiger partial charge in [0.05, 0.1) is 12.6 Å². The summed E-state index contributed by atoms with van der Waals surface area (Å²) in [5, 5.41) is 19.4. The molecule has 0 amide bonds. The predicted octanol–water partition coefficient (Wildman–Crippen LogP) is 7.61. The number of methoxy groups -OCH3 is 1. The van der Waals surface area contributed by atoms with E-state index in [0.29, 0.717) is 5.75 Å². The maximum absolute atomic E-state index is 10.0. The molecule has 0 spiro atoms. The van der Waals surface area contributed by atoms with E-state index in [1.54, 1.807) is 13.2 Å². The lowest BCUT2D eigenvalue weighted by Gasteiger charge is -2.36. The smallest absolute Gasteiger partial charge is 0.164 e. The standard InChI is InChI=1S/C33H44ClN3O3/c1-33(15-14-23-20-29(38)31(39-2)22-30(23)40-33)16-19-35-17-8-4-3-5-9-18-36-32-25-10-6-7-11-27(25)37-28-21-24(34)12-13-26(28)32/h12-13,20-22,35,38H,3-11,14-19H2,1-2H3,(H,36,37). The van der Waals surface area contributed by atoms with Gasteiger partial charge in [-0.15, -0.1) is 0 Å². The third-order valence-electron chi connectivity index (χ3n) is 8.53. The van der Waals surface area contributed by atoms with Crippen molar-refractivity contribution in [3.8, 4) is 17.2 Å². The van der Waals surface area contributed by atoms with E-state index in [1.165, 1.54) is 67.3 Å². The second-order valence-electron chi connectivity index (χ2n) is 11.7. The molecule has 0 radical (unpaired) electrons. The van der Waals surface area contributed by atoms with Crippen molar-refractivity contribution in [1.29, 1.82) is 0 Å². The van der Waals surface area contributed by atoms with Crippen molar-refractivity contribution in [2.45, 2.75) is 89.6 Å². The van der Waals surface area contributed by atoms with E-state index in [-0.39, 0.29) is 11.4 Å². The monoisotopic (exact) mass is 565 g/mol. The molecule has 0 saturated heterocycles. The van der Waals surface area contributed by atoms with Gasteiger partial charge in [-0.3, -0.25) is 4.98 Å². The van der Waals surface area contributed by atoms with Crippen molar-refractivity contribution < 1.29 is 14.6 Å². The molecule has 1 aliphatic carbocycles. The third-order valence-corrected chi connectivity index (χ3v) is 8.76. The van der Waals surface area contributed by atoms with Crippen molar-refractivity contribution in [2.24, 2.45) is 0 Å². The van der Waals surface area contributed by atoms with Crippen LogP contribution in [0.2, 0.25) is 5.02 Å². The van der Waals surface area contributed by atoms with E-state index in [4.69, 9.17) is 26.1 Å². The molecule has 2 heterocycles. The number of halogens is 1.